The van der Waals surface area contributed by atoms with E-state index < -0.39 is 23.7 Å². The van der Waals surface area contributed by atoms with Crippen molar-refractivity contribution < 1.29 is 19.1 Å². The van der Waals surface area contributed by atoms with E-state index in [0.29, 0.717) is 12.2 Å². The molecule has 2 aromatic rings. The summed E-state index contributed by atoms with van der Waals surface area (Å²) >= 11 is 0. The zero-order valence-corrected chi connectivity index (χ0v) is 17.0. The first-order chi connectivity index (χ1) is 13.3. The number of benzene rings is 1. The Kier molecular flexibility index (Phi) is 7.73. The summed E-state index contributed by atoms with van der Waals surface area (Å²) in [5.74, 6) is -0.586. The van der Waals surface area contributed by atoms with E-state index in [9.17, 15) is 9.59 Å². The Bertz CT molecular complexity index is 840. The maximum atomic E-state index is 12.6. The normalized spacial score (nSPS) is 11.9. The molecule has 148 valence electrons. The van der Waals surface area contributed by atoms with Crippen LogP contribution in [0.5, 0.6) is 0 Å². The van der Waals surface area contributed by atoms with Crippen LogP contribution in [0.1, 0.15) is 32.0 Å². The molecule has 0 aliphatic heterocycles. The molecule has 1 atom stereocenters. The molecule has 1 N–H and O–H groups in total. The van der Waals surface area contributed by atoms with Gasteiger partial charge in [-0.15, -0.1) is 0 Å². The number of rotatable bonds is 7. The van der Waals surface area contributed by atoms with Gasteiger partial charge >= 0.3 is 147 Å². The topological polar surface area (TPSA) is 95.3 Å². The summed E-state index contributed by atoms with van der Waals surface area (Å²) in [7, 11) is 3.90. The van der Waals surface area contributed by atoms with E-state index in [1.165, 1.54) is 4.68 Å². The molecular weight excluding hydrogens is 379 g/mol. The monoisotopic (exact) mass is 402 g/mol. The molecule has 0 radical (unpaired) electrons. The summed E-state index contributed by atoms with van der Waals surface area (Å²) in [6.07, 6.45) is 1.05. The second-order valence-corrected chi connectivity index (χ2v) is 7.38. The zero-order valence-electron chi connectivity index (χ0n) is 16.1. The molecule has 0 spiro atoms. The Morgan fingerprint density at radius 3 is 2.64 bits per heavy atom. The molecule has 1 unspecified atom stereocenters. The van der Waals surface area contributed by atoms with Gasteiger partial charge in [-0.3, -0.25) is 0 Å². The number of hydrogen-bond donors (Lipinski definition) is 1. The van der Waals surface area contributed by atoms with Crippen molar-refractivity contribution in [1.29, 1.82) is 0 Å². The molecule has 1 heterocycles. The van der Waals surface area contributed by atoms with Crippen LogP contribution in [0, 0.1) is 5.63 Å². The van der Waals surface area contributed by atoms with Gasteiger partial charge in [0.25, 0.3) is 0 Å². The summed E-state index contributed by atoms with van der Waals surface area (Å²) in [5, 5.41) is 10.5. The zero-order chi connectivity index (χ0) is 20.6. The summed E-state index contributed by atoms with van der Waals surface area (Å²) in [5.41, 5.74) is 3.31. The Balaban J connectivity index is 2.06. The Morgan fingerprint density at radius 2 is 2.00 bits per heavy atom. The van der Waals surface area contributed by atoms with Gasteiger partial charge in [0.15, 0.2) is 0 Å². The van der Waals surface area contributed by atoms with E-state index in [1.54, 1.807) is 27.0 Å². The molecule has 0 saturated carbocycles. The number of nitrogens with one attached hydrogen (secondary N) is 1. The van der Waals surface area contributed by atoms with Crippen LogP contribution >= 0.6 is 8.70 Å². The minimum atomic E-state index is -0.965. The van der Waals surface area contributed by atoms with Crippen molar-refractivity contribution in [3.05, 3.63) is 47.8 Å². The van der Waals surface area contributed by atoms with Crippen molar-refractivity contribution in [1.82, 2.24) is 20.3 Å². The second kappa shape index (κ2) is 10.0. The van der Waals surface area contributed by atoms with E-state index >= 15 is 0 Å². The number of ether oxygens (including phenoxy) is 2. The molecule has 0 aliphatic carbocycles. The fraction of sp³-hybridized carbons (Fsp3) is 0.421. The smallest absolute Gasteiger partial charge is 0.0622 e. The first-order valence-electron chi connectivity index (χ1n) is 8.73. The first-order valence-corrected chi connectivity index (χ1v) is 9.17. The number of hydrogen-bond acceptors (Lipinski definition) is 6. The summed E-state index contributed by atoms with van der Waals surface area (Å²) in [6, 6.07) is 8.31. The van der Waals surface area contributed by atoms with Gasteiger partial charge in [-0.05, 0) is 0 Å². The summed E-state index contributed by atoms with van der Waals surface area (Å²) in [4.78, 5) is 24.7. The Morgan fingerprint density at radius 1 is 1.29 bits per heavy atom. The van der Waals surface area contributed by atoms with Gasteiger partial charge in [0, 0.05) is 0 Å². The van der Waals surface area contributed by atoms with Crippen LogP contribution in [0.4, 0.5) is 4.79 Å². The van der Waals surface area contributed by atoms with E-state index in [2.05, 4.69) is 30.0 Å². The summed E-state index contributed by atoms with van der Waals surface area (Å²) in [6.45, 7) is 5.67. The van der Waals surface area contributed by atoms with Gasteiger partial charge < -0.3 is 0 Å². The molecule has 2 rings (SSSR count). The third-order valence-electron chi connectivity index (χ3n) is 3.43. The van der Waals surface area contributed by atoms with Crippen LogP contribution in [0.3, 0.4) is 0 Å². The molecule has 9 heteroatoms. The molecular formula is C19H23N4O4P. The minimum absolute atomic E-state index is 0.0996. The SMILES string of the molecule is CC(C)(C)OC(=O)NC(Cc1cn(CC#P)nn1)C(=O)OCc1ccccc1. The summed E-state index contributed by atoms with van der Waals surface area (Å²) < 4.78 is 12.1. The standard InChI is InChI=1S/C19H23N4O4P/c1-19(2,3)27-18(25)20-16(11-15-12-23(9-10-28)22-21-15)17(24)26-13-14-7-5-4-6-8-14/h4-8,12,16H,9,11,13H2,1-3H3,(H,20,25). The molecule has 1 aromatic heterocycles. The van der Waals surface area contributed by atoms with Crippen LogP contribution in [0.2, 0.25) is 0 Å². The van der Waals surface area contributed by atoms with Crippen LogP contribution in [-0.2, 0) is 33.8 Å². The van der Waals surface area contributed by atoms with E-state index in [-0.39, 0.29) is 13.0 Å². The first kappa shape index (κ1) is 21.6. The predicted octanol–water partition coefficient (Wildman–Crippen LogP) is 2.83. The molecule has 1 aromatic carbocycles. The van der Waals surface area contributed by atoms with E-state index in [4.69, 9.17) is 9.47 Å². The molecule has 8 nitrogen and oxygen atoms in total. The Labute approximate surface area is 166 Å². The third-order valence-corrected chi connectivity index (χ3v) is 3.57. The van der Waals surface area contributed by atoms with Gasteiger partial charge in [-0.25, -0.2) is 0 Å². The Hall–Kier alpha value is -2.69. The van der Waals surface area contributed by atoms with Crippen molar-refractivity contribution >= 4 is 20.8 Å². The molecule has 1 amide bonds. The quantitative estimate of drug-likeness (QED) is 0.565. The fourth-order valence-corrected chi connectivity index (χ4v) is 2.41. The van der Waals surface area contributed by atoms with Crippen molar-refractivity contribution in [3.8, 4) is 5.63 Å². The number of aromatic nitrogens is 3. The van der Waals surface area contributed by atoms with Gasteiger partial charge in [0.1, 0.15) is 0 Å². The van der Waals surface area contributed by atoms with Crippen LogP contribution in [0.25, 0.3) is 0 Å². The van der Waals surface area contributed by atoms with Gasteiger partial charge in [-0.2, -0.15) is 0 Å². The van der Waals surface area contributed by atoms with E-state index in [1.807, 2.05) is 30.3 Å². The number of nitrogens with zero attached hydrogens (tertiary/aromatic N) is 3. The number of alkyl carbamates (subject to hydrolysis) is 1. The molecule has 0 saturated heterocycles. The van der Waals surface area contributed by atoms with E-state index in [0.717, 1.165) is 5.56 Å². The third kappa shape index (κ3) is 7.51. The van der Waals surface area contributed by atoms with Gasteiger partial charge in [0.2, 0.25) is 0 Å². The number of carbonyl (C=O) groups excluding carboxylic acids is 2. The second-order valence-electron chi connectivity index (χ2n) is 7.06. The maximum absolute atomic E-state index is 12.6. The average molecular weight is 402 g/mol. The predicted molar refractivity (Wildman–Crippen MR) is 104 cm³/mol. The molecule has 28 heavy (non-hydrogen) atoms. The van der Waals surface area contributed by atoms with Crippen LogP contribution < -0.4 is 5.32 Å². The van der Waals surface area contributed by atoms with Crippen LogP contribution in [0.15, 0.2) is 36.5 Å². The number of carbonyl (C=O) groups is 2. The average Bonchev–Trinajstić information content (AvgIpc) is 3.06. The van der Waals surface area contributed by atoms with Crippen molar-refractivity contribution in [3.63, 3.8) is 0 Å². The van der Waals surface area contributed by atoms with Gasteiger partial charge in [-0.1, -0.05) is 18.2 Å². The van der Waals surface area contributed by atoms with Gasteiger partial charge in [0.05, 0.1) is 0 Å². The van der Waals surface area contributed by atoms with Crippen LogP contribution in [-0.4, -0.2) is 38.7 Å². The van der Waals surface area contributed by atoms with Crippen molar-refractivity contribution in [2.24, 2.45) is 0 Å². The number of amides is 1. The fourth-order valence-electron chi connectivity index (χ4n) is 2.26. The van der Waals surface area contributed by atoms with Crippen molar-refractivity contribution in [2.45, 2.75) is 52.0 Å². The molecule has 0 aliphatic rings. The molecule has 0 fully saturated rings. The molecule has 0 bridgehead atoms. The van der Waals surface area contributed by atoms with Crippen molar-refractivity contribution in [2.75, 3.05) is 0 Å². The number of esters is 1. The minimum Gasteiger partial charge on any atom is -0.0622 e.